The first-order valence-corrected chi connectivity index (χ1v) is 19.8. The van der Waals surface area contributed by atoms with E-state index in [9.17, 15) is 50.4 Å². The van der Waals surface area contributed by atoms with E-state index < -0.39 is 86.1 Å². The second-order valence-electron chi connectivity index (χ2n) is 14.6. The van der Waals surface area contributed by atoms with Crippen LogP contribution in [0.1, 0.15) is 51.0 Å². The van der Waals surface area contributed by atoms with Gasteiger partial charge in [-0.3, -0.25) is 9.59 Å². The van der Waals surface area contributed by atoms with Crippen molar-refractivity contribution < 1.29 is 78.8 Å². The Bertz CT molecular complexity index is 1960. The summed E-state index contributed by atoms with van der Waals surface area (Å²) in [4.78, 5) is 27.0. The number of methoxy groups -OCH3 is 2. The summed E-state index contributed by atoms with van der Waals surface area (Å²) in [7, 11) is 4.19. The number of unbranched alkanes of at least 4 members (excludes halogenated alkanes) is 5. The summed E-state index contributed by atoms with van der Waals surface area (Å²) >= 11 is 0. The quantitative estimate of drug-likeness (QED) is 0.0580. The molecule has 3 aromatic rings. The largest absolute Gasteiger partial charge is 0.493 e. The number of aryl methyl sites for hydroxylation is 1. The molecule has 332 valence electrons. The maximum Gasteiger partial charge on any atom is 0.297 e. The van der Waals surface area contributed by atoms with Crippen LogP contribution < -0.4 is 34.6 Å². The first kappa shape index (κ1) is 46.5. The Labute approximate surface area is 345 Å². The Morgan fingerprint density at radius 3 is 1.85 bits per heavy atom. The molecule has 0 radical (unpaired) electrons. The third-order valence-corrected chi connectivity index (χ3v) is 10.4. The Morgan fingerprint density at radius 1 is 0.750 bits per heavy atom. The molecule has 0 aliphatic carbocycles. The van der Waals surface area contributed by atoms with Crippen LogP contribution in [0.5, 0.6) is 28.7 Å². The van der Waals surface area contributed by atoms with Crippen molar-refractivity contribution in [3.05, 3.63) is 52.3 Å². The maximum absolute atomic E-state index is 13.8. The summed E-state index contributed by atoms with van der Waals surface area (Å²) in [6.45, 7) is 0.968. The number of aromatic nitrogens is 1. The molecule has 2 aliphatic rings. The van der Waals surface area contributed by atoms with Gasteiger partial charge in [-0.2, -0.15) is 0 Å². The number of nitrogens with one attached hydrogen (secondary N) is 1. The minimum absolute atomic E-state index is 0.0291. The Hall–Kier alpha value is -4.54. The van der Waals surface area contributed by atoms with Crippen molar-refractivity contribution >= 4 is 28.6 Å². The lowest BCUT2D eigenvalue weighted by Crippen LogP contribution is -2.60. The lowest BCUT2D eigenvalue weighted by atomic mass is 9.99. The number of amides is 1. The summed E-state index contributed by atoms with van der Waals surface area (Å²) < 4.78 is 41.2. The third kappa shape index (κ3) is 10.5. The zero-order chi connectivity index (χ0) is 43.7. The molecule has 19 nitrogen and oxygen atoms in total. The number of rotatable bonds is 19. The number of aliphatic hydroxyl groups excluding tert-OH is 8. The van der Waals surface area contributed by atoms with Crippen molar-refractivity contribution in [1.29, 1.82) is 0 Å². The van der Waals surface area contributed by atoms with Crippen molar-refractivity contribution in [2.75, 3.05) is 39.4 Å². The number of benzene rings is 2. The van der Waals surface area contributed by atoms with Crippen LogP contribution in [-0.2, 0) is 21.3 Å². The molecule has 0 bridgehead atoms. The fourth-order valence-electron chi connectivity index (χ4n) is 6.89. The third-order valence-electron chi connectivity index (χ3n) is 10.4. The van der Waals surface area contributed by atoms with Gasteiger partial charge in [0, 0.05) is 24.2 Å². The second kappa shape index (κ2) is 21.3. The molecular weight excluding hydrogens is 792 g/mol. The van der Waals surface area contributed by atoms with Crippen LogP contribution in [0.15, 0.2) is 41.2 Å². The van der Waals surface area contributed by atoms with Crippen molar-refractivity contribution in [3.8, 4) is 28.7 Å². The molecule has 10 atom stereocenters. The van der Waals surface area contributed by atoms with Gasteiger partial charge >= 0.3 is 0 Å². The van der Waals surface area contributed by atoms with Gasteiger partial charge in [-0.15, -0.1) is 0 Å². The van der Waals surface area contributed by atoms with Gasteiger partial charge in [0.1, 0.15) is 48.8 Å². The number of hydrogen-bond donors (Lipinski definition) is 9. The highest BCUT2D eigenvalue weighted by molar-refractivity contribution is 6.03. The lowest BCUT2D eigenvalue weighted by molar-refractivity contribution is -0.277. The number of anilines is 1. The van der Waals surface area contributed by atoms with E-state index in [1.165, 1.54) is 56.2 Å². The monoisotopic (exact) mass is 848 g/mol. The number of carbonyl (C=O) groups excluding carboxylic acids is 1. The van der Waals surface area contributed by atoms with Crippen molar-refractivity contribution in [3.63, 3.8) is 0 Å². The highest BCUT2D eigenvalue weighted by Crippen LogP contribution is 2.41. The average molecular weight is 849 g/mol. The first-order chi connectivity index (χ1) is 28.8. The highest BCUT2D eigenvalue weighted by Gasteiger charge is 2.46. The molecule has 1 aromatic heterocycles. The molecule has 5 rings (SSSR count). The van der Waals surface area contributed by atoms with E-state index in [1.807, 2.05) is 0 Å². The molecule has 60 heavy (non-hydrogen) atoms. The topological polar surface area (TPSA) is 278 Å². The molecule has 2 saturated heterocycles. The summed E-state index contributed by atoms with van der Waals surface area (Å²) in [5.41, 5.74) is 0.394. The van der Waals surface area contributed by atoms with Crippen LogP contribution in [0.2, 0.25) is 0 Å². The predicted molar refractivity (Wildman–Crippen MR) is 214 cm³/mol. The van der Waals surface area contributed by atoms with Gasteiger partial charge in [0.05, 0.1) is 39.6 Å². The number of pyridine rings is 1. The Balaban J connectivity index is 1.38. The zero-order valence-electron chi connectivity index (χ0n) is 33.9. The molecule has 1 amide bonds. The van der Waals surface area contributed by atoms with Gasteiger partial charge in [-0.25, -0.2) is 0 Å². The van der Waals surface area contributed by atoms with E-state index >= 15 is 0 Å². The average Bonchev–Trinajstić information content (AvgIpc) is 3.25. The van der Waals surface area contributed by atoms with E-state index in [0.29, 0.717) is 17.4 Å². The zero-order valence-corrected chi connectivity index (χ0v) is 33.9. The van der Waals surface area contributed by atoms with Gasteiger partial charge in [0.15, 0.2) is 17.2 Å². The molecule has 2 aliphatic heterocycles. The molecule has 3 heterocycles. The van der Waals surface area contributed by atoms with Gasteiger partial charge in [0.25, 0.3) is 5.56 Å². The predicted octanol–water partition coefficient (Wildman–Crippen LogP) is 0.304. The van der Waals surface area contributed by atoms with Crippen LogP contribution in [0.25, 0.3) is 17.0 Å². The molecule has 19 heteroatoms. The van der Waals surface area contributed by atoms with Crippen LogP contribution in [0, 0.1) is 0 Å². The van der Waals surface area contributed by atoms with Crippen molar-refractivity contribution in [1.82, 2.24) is 4.57 Å². The van der Waals surface area contributed by atoms with Crippen molar-refractivity contribution in [2.24, 2.45) is 7.05 Å². The number of carbonyl (C=O) groups is 1. The van der Waals surface area contributed by atoms with Crippen LogP contribution in [0.3, 0.4) is 0 Å². The lowest BCUT2D eigenvalue weighted by Gasteiger charge is -2.39. The van der Waals surface area contributed by atoms with Crippen LogP contribution in [-0.4, -0.2) is 147 Å². The second-order valence-corrected chi connectivity index (χ2v) is 14.6. The summed E-state index contributed by atoms with van der Waals surface area (Å²) in [6.07, 6.45) is -7.16. The molecule has 0 unspecified atom stereocenters. The van der Waals surface area contributed by atoms with Crippen LogP contribution >= 0.6 is 0 Å². The summed E-state index contributed by atoms with van der Waals surface area (Å²) in [5.74, 6) is -0.694. The summed E-state index contributed by atoms with van der Waals surface area (Å²) in [5, 5.41) is 84.6. The normalized spacial score (nSPS) is 26.9. The Kier molecular flexibility index (Phi) is 16.5. The number of fused-ring (bicyclic) bond motifs is 1. The Morgan fingerprint density at radius 2 is 1.30 bits per heavy atom. The number of aliphatic hydroxyl groups is 8. The minimum Gasteiger partial charge on any atom is -0.493 e. The molecular formula is C41H56N2O17. The first-order valence-electron chi connectivity index (χ1n) is 19.8. The fraction of sp³-hybridized carbons (Fsp3) is 0.561. The van der Waals surface area contributed by atoms with Gasteiger partial charge in [-0.05, 0) is 48.4 Å². The fourth-order valence-corrected chi connectivity index (χ4v) is 6.89. The van der Waals surface area contributed by atoms with E-state index in [2.05, 4.69) is 12.2 Å². The standard InChI is InChI=1S/C41H56N2O17/c1-5-6-7-8-9-10-15-56-38-36(59-40-34(51)32(49)30(47)27(19-44)57-40)23-13-12-22(18-24(23)43(2)39(38)53)42-29(46)14-11-21-16-25(54-3)37(26(17-21)55-4)60-41-35(52)33(50)31(48)28(20-45)58-41/h11-14,16-18,27-28,30-35,40-41,44-45,47-52H,5-10,15,19-20H2,1-4H3,(H,42,46)/t27-,28-,30-,31-,32+,33+,34-,35-,40+,41+/m1/s1. The molecule has 0 saturated carbocycles. The van der Waals surface area contributed by atoms with Crippen molar-refractivity contribution in [2.45, 2.75) is 107 Å². The van der Waals surface area contributed by atoms with E-state index in [0.717, 1.165) is 32.1 Å². The van der Waals surface area contributed by atoms with Crippen LogP contribution in [0.4, 0.5) is 5.69 Å². The molecule has 2 fully saturated rings. The van der Waals surface area contributed by atoms with Gasteiger partial charge in [0.2, 0.25) is 30.0 Å². The summed E-state index contributed by atoms with van der Waals surface area (Å²) in [6, 6.07) is 7.64. The number of hydrogen-bond acceptors (Lipinski definition) is 17. The minimum atomic E-state index is -1.76. The number of nitrogens with zero attached hydrogens (tertiary/aromatic N) is 1. The molecule has 9 N–H and O–H groups in total. The molecule has 2 aromatic carbocycles. The SMILES string of the molecule is CCCCCCCCOc1c(O[C@@H]2O[C@H](CO)[C@@H](O)[C@H](O)[C@H]2O)c2ccc(NC(=O)C=Cc3cc(OC)c(O[C@@H]4O[C@H](CO)[C@@H](O)[C@H](O)[C@H]4O)c(OC)c3)cc2n(C)c1=O. The smallest absolute Gasteiger partial charge is 0.297 e. The van der Waals surface area contributed by atoms with E-state index in [1.54, 1.807) is 12.1 Å². The number of ether oxygens (including phenoxy) is 7. The van der Waals surface area contributed by atoms with E-state index in [4.69, 9.17) is 33.2 Å². The highest BCUT2D eigenvalue weighted by atomic mass is 16.7. The van der Waals surface area contributed by atoms with Gasteiger partial charge < -0.3 is 83.9 Å². The molecule has 0 spiro atoms. The van der Waals surface area contributed by atoms with E-state index in [-0.39, 0.29) is 46.6 Å². The van der Waals surface area contributed by atoms with Gasteiger partial charge in [-0.1, -0.05) is 39.0 Å². The maximum atomic E-state index is 13.8.